The summed E-state index contributed by atoms with van der Waals surface area (Å²) in [6.45, 7) is 4.16. The van der Waals surface area contributed by atoms with E-state index >= 15 is 0 Å². The zero-order valence-electron chi connectivity index (χ0n) is 16.9. The van der Waals surface area contributed by atoms with Crippen LogP contribution >= 0.6 is 11.8 Å². The minimum atomic E-state index is -0.142. The van der Waals surface area contributed by atoms with Gasteiger partial charge in [-0.1, -0.05) is 29.4 Å². The number of thioether (sulfide) groups is 1. The number of nitrogens with zero attached hydrogens (tertiary/aromatic N) is 1. The molecule has 3 rings (SSSR count). The first-order chi connectivity index (χ1) is 14.0. The smallest absolute Gasteiger partial charge is 0.252 e. The van der Waals surface area contributed by atoms with Gasteiger partial charge in [-0.05, 0) is 32.0 Å². The summed E-state index contributed by atoms with van der Waals surface area (Å²) in [5.74, 6) is 2.61. The molecule has 0 aliphatic carbocycles. The van der Waals surface area contributed by atoms with Crippen LogP contribution in [0.25, 0.3) is 0 Å². The predicted octanol–water partition coefficient (Wildman–Crippen LogP) is 4.53. The molecule has 0 fully saturated rings. The summed E-state index contributed by atoms with van der Waals surface area (Å²) < 4.78 is 16.0. The van der Waals surface area contributed by atoms with E-state index in [1.807, 2.05) is 56.3 Å². The third-order valence-electron chi connectivity index (χ3n) is 4.61. The molecule has 0 unspecified atom stereocenters. The number of carbonyl (C=O) groups is 1. The van der Waals surface area contributed by atoms with Crippen LogP contribution in [0.4, 0.5) is 0 Å². The first-order valence-electron chi connectivity index (χ1n) is 9.16. The van der Waals surface area contributed by atoms with Crippen molar-refractivity contribution in [3.63, 3.8) is 0 Å². The lowest BCUT2D eigenvalue weighted by Crippen LogP contribution is -2.23. The molecule has 3 aromatic rings. The highest BCUT2D eigenvalue weighted by Gasteiger charge is 2.16. The predicted molar refractivity (Wildman–Crippen MR) is 113 cm³/mol. The van der Waals surface area contributed by atoms with E-state index in [0.29, 0.717) is 29.4 Å². The maximum atomic E-state index is 12.9. The van der Waals surface area contributed by atoms with Crippen LogP contribution in [0.2, 0.25) is 0 Å². The van der Waals surface area contributed by atoms with Gasteiger partial charge in [0, 0.05) is 28.3 Å². The number of aromatic nitrogens is 1. The Morgan fingerprint density at radius 2 is 1.90 bits per heavy atom. The van der Waals surface area contributed by atoms with Crippen LogP contribution in [0.5, 0.6) is 11.5 Å². The van der Waals surface area contributed by atoms with Crippen molar-refractivity contribution in [2.24, 2.45) is 0 Å². The number of methoxy groups -OCH3 is 2. The van der Waals surface area contributed by atoms with Crippen molar-refractivity contribution in [3.05, 3.63) is 70.6 Å². The van der Waals surface area contributed by atoms with Crippen LogP contribution in [0.1, 0.15) is 32.9 Å². The van der Waals surface area contributed by atoms with Crippen LogP contribution in [0.3, 0.4) is 0 Å². The number of rotatable bonds is 8. The summed E-state index contributed by atoms with van der Waals surface area (Å²) in [7, 11) is 3.18. The lowest BCUT2D eigenvalue weighted by atomic mass is 10.1. The van der Waals surface area contributed by atoms with Crippen molar-refractivity contribution >= 4 is 17.7 Å². The molecule has 1 N–H and O–H groups in total. The number of ether oxygens (including phenoxy) is 2. The molecule has 0 aliphatic heterocycles. The Hall–Kier alpha value is -2.93. The SMILES string of the molecule is COc1cccc(CNC(=O)c2ccccc2SCc2c(C)noc2C)c1OC. The van der Waals surface area contributed by atoms with E-state index in [0.717, 1.165) is 27.5 Å². The van der Waals surface area contributed by atoms with Crippen molar-refractivity contribution in [2.75, 3.05) is 14.2 Å². The standard InChI is InChI=1S/C22H24N2O4S/c1-14-18(15(2)28-24-14)13-29-20-11-6-5-9-17(20)22(25)23-12-16-8-7-10-19(26-3)21(16)27-4/h5-11H,12-13H2,1-4H3,(H,23,25). The van der Waals surface area contributed by atoms with E-state index in [-0.39, 0.29) is 5.91 Å². The van der Waals surface area contributed by atoms with Gasteiger partial charge in [0.1, 0.15) is 5.76 Å². The first-order valence-corrected chi connectivity index (χ1v) is 10.1. The van der Waals surface area contributed by atoms with Crippen LogP contribution in [-0.4, -0.2) is 25.3 Å². The normalized spacial score (nSPS) is 10.6. The Morgan fingerprint density at radius 3 is 2.59 bits per heavy atom. The molecule has 0 bridgehead atoms. The van der Waals surface area contributed by atoms with Crippen molar-refractivity contribution < 1.29 is 18.8 Å². The van der Waals surface area contributed by atoms with Crippen LogP contribution in [-0.2, 0) is 12.3 Å². The lowest BCUT2D eigenvalue weighted by Gasteiger charge is -2.14. The summed E-state index contributed by atoms with van der Waals surface area (Å²) in [5, 5.41) is 6.97. The highest BCUT2D eigenvalue weighted by Crippen LogP contribution is 2.31. The number of benzene rings is 2. The summed E-state index contributed by atoms with van der Waals surface area (Å²) in [6.07, 6.45) is 0. The third-order valence-corrected chi connectivity index (χ3v) is 5.71. The second-order valence-corrected chi connectivity index (χ2v) is 7.44. The molecule has 0 atom stereocenters. The molecule has 0 saturated heterocycles. The Morgan fingerprint density at radius 1 is 1.10 bits per heavy atom. The number of hydrogen-bond acceptors (Lipinski definition) is 6. The highest BCUT2D eigenvalue weighted by atomic mass is 32.2. The van der Waals surface area contributed by atoms with Gasteiger partial charge in [0.25, 0.3) is 5.91 Å². The summed E-state index contributed by atoms with van der Waals surface area (Å²) in [4.78, 5) is 13.8. The summed E-state index contributed by atoms with van der Waals surface area (Å²) in [6, 6.07) is 13.2. The van der Waals surface area contributed by atoms with Crippen molar-refractivity contribution in [3.8, 4) is 11.5 Å². The Kier molecular flexibility index (Phi) is 6.82. The number of amides is 1. The zero-order chi connectivity index (χ0) is 20.8. The first kappa shape index (κ1) is 20.8. The molecule has 0 radical (unpaired) electrons. The maximum absolute atomic E-state index is 12.9. The van der Waals surface area contributed by atoms with Gasteiger partial charge in [0.15, 0.2) is 11.5 Å². The van der Waals surface area contributed by atoms with E-state index in [4.69, 9.17) is 14.0 Å². The number of nitrogens with one attached hydrogen (secondary N) is 1. The van der Waals surface area contributed by atoms with Crippen molar-refractivity contribution in [2.45, 2.75) is 31.0 Å². The fourth-order valence-electron chi connectivity index (χ4n) is 3.00. The second kappa shape index (κ2) is 9.52. The second-order valence-electron chi connectivity index (χ2n) is 6.42. The number of hydrogen-bond donors (Lipinski definition) is 1. The van der Waals surface area contributed by atoms with Crippen LogP contribution in [0, 0.1) is 13.8 Å². The quantitative estimate of drug-likeness (QED) is 0.548. The number of carbonyl (C=O) groups excluding carboxylic acids is 1. The largest absolute Gasteiger partial charge is 0.493 e. The Labute approximate surface area is 174 Å². The van der Waals surface area contributed by atoms with Gasteiger partial charge in [0.2, 0.25) is 0 Å². The van der Waals surface area contributed by atoms with Gasteiger partial charge in [0.05, 0.1) is 25.5 Å². The molecule has 6 nitrogen and oxygen atoms in total. The fraction of sp³-hybridized carbons (Fsp3) is 0.273. The third kappa shape index (κ3) is 4.74. The van der Waals surface area contributed by atoms with E-state index in [1.54, 1.807) is 26.0 Å². The fourth-order valence-corrected chi connectivity index (χ4v) is 4.20. The average Bonchev–Trinajstić information content (AvgIpc) is 3.07. The lowest BCUT2D eigenvalue weighted by molar-refractivity contribution is 0.0947. The summed E-state index contributed by atoms with van der Waals surface area (Å²) in [5.41, 5.74) is 3.42. The molecule has 0 saturated carbocycles. The maximum Gasteiger partial charge on any atom is 0.252 e. The van der Waals surface area contributed by atoms with Gasteiger partial charge in [-0.15, -0.1) is 11.8 Å². The molecule has 152 valence electrons. The number of para-hydroxylation sites is 1. The minimum Gasteiger partial charge on any atom is -0.493 e. The van der Waals surface area contributed by atoms with Crippen molar-refractivity contribution in [1.29, 1.82) is 0 Å². The topological polar surface area (TPSA) is 73.6 Å². The van der Waals surface area contributed by atoms with Gasteiger partial charge < -0.3 is 19.3 Å². The van der Waals surface area contributed by atoms with Gasteiger partial charge >= 0.3 is 0 Å². The van der Waals surface area contributed by atoms with E-state index in [1.165, 1.54) is 0 Å². The summed E-state index contributed by atoms with van der Waals surface area (Å²) >= 11 is 1.59. The number of aryl methyl sites for hydroxylation is 2. The molecule has 7 heteroatoms. The van der Waals surface area contributed by atoms with E-state index < -0.39 is 0 Å². The molecule has 1 heterocycles. The van der Waals surface area contributed by atoms with Gasteiger partial charge in [-0.25, -0.2) is 0 Å². The Balaban J connectivity index is 1.72. The zero-order valence-corrected chi connectivity index (χ0v) is 17.8. The van der Waals surface area contributed by atoms with Crippen LogP contribution < -0.4 is 14.8 Å². The molecule has 0 aliphatic rings. The average molecular weight is 413 g/mol. The minimum absolute atomic E-state index is 0.142. The molecular formula is C22H24N2O4S. The van der Waals surface area contributed by atoms with E-state index in [9.17, 15) is 4.79 Å². The molecule has 29 heavy (non-hydrogen) atoms. The van der Waals surface area contributed by atoms with Gasteiger partial charge in [-0.3, -0.25) is 4.79 Å². The van der Waals surface area contributed by atoms with Gasteiger partial charge in [-0.2, -0.15) is 0 Å². The Bertz CT molecular complexity index is 981. The molecule has 0 spiro atoms. The van der Waals surface area contributed by atoms with Crippen molar-refractivity contribution in [1.82, 2.24) is 10.5 Å². The highest BCUT2D eigenvalue weighted by molar-refractivity contribution is 7.98. The molecule has 1 amide bonds. The molecule has 1 aromatic heterocycles. The monoisotopic (exact) mass is 412 g/mol. The van der Waals surface area contributed by atoms with E-state index in [2.05, 4.69) is 10.5 Å². The van der Waals surface area contributed by atoms with Crippen LogP contribution in [0.15, 0.2) is 51.9 Å². The molecular weight excluding hydrogens is 388 g/mol. The molecule has 2 aromatic carbocycles.